The first-order valence-electron chi connectivity index (χ1n) is 5.67. The number of aromatic nitrogens is 2. The van der Waals surface area contributed by atoms with Gasteiger partial charge in [0.25, 0.3) is 0 Å². The minimum atomic E-state index is -3.45. The Labute approximate surface area is 105 Å². The molecule has 2 heterocycles. The molecule has 0 bridgehead atoms. The summed E-state index contributed by atoms with van der Waals surface area (Å²) in [6.07, 6.45) is 2.46. The van der Waals surface area contributed by atoms with E-state index in [4.69, 9.17) is 4.42 Å². The van der Waals surface area contributed by atoms with Gasteiger partial charge in [-0.05, 0) is 12.8 Å². The maximum absolute atomic E-state index is 11.2. The van der Waals surface area contributed by atoms with E-state index in [1.165, 1.54) is 6.92 Å². The fourth-order valence-corrected chi connectivity index (χ4v) is 2.40. The molecule has 0 aromatic carbocycles. The van der Waals surface area contributed by atoms with Gasteiger partial charge in [-0.25, -0.2) is 8.42 Å². The summed E-state index contributed by atoms with van der Waals surface area (Å²) < 4.78 is 27.6. The number of likely N-dealkylation sites (tertiary alicyclic amines) is 1. The van der Waals surface area contributed by atoms with Crippen molar-refractivity contribution < 1.29 is 17.6 Å². The van der Waals surface area contributed by atoms with Crippen LogP contribution in [0.25, 0.3) is 0 Å². The Morgan fingerprint density at radius 2 is 1.94 bits per heavy atom. The van der Waals surface area contributed by atoms with Crippen LogP contribution in [-0.2, 0) is 14.6 Å². The molecule has 1 amide bonds. The van der Waals surface area contributed by atoms with E-state index in [9.17, 15) is 13.2 Å². The van der Waals surface area contributed by atoms with Crippen molar-refractivity contribution >= 4 is 15.7 Å². The number of carbonyl (C=O) groups excluding carboxylic acids is 1. The highest BCUT2D eigenvalue weighted by molar-refractivity contribution is 7.90. The first kappa shape index (κ1) is 13.0. The highest BCUT2D eigenvalue weighted by atomic mass is 32.2. The molecule has 7 nitrogen and oxygen atoms in total. The molecule has 0 spiro atoms. The molecule has 1 fully saturated rings. The number of sulfone groups is 1. The van der Waals surface area contributed by atoms with Crippen LogP contribution in [0.1, 0.15) is 31.6 Å². The Balaban J connectivity index is 2.06. The fourth-order valence-electron chi connectivity index (χ4n) is 1.98. The lowest BCUT2D eigenvalue weighted by Gasteiger charge is -2.29. The number of hydrogen-bond donors (Lipinski definition) is 0. The molecule has 100 valence electrons. The molecule has 1 aromatic rings. The third kappa shape index (κ3) is 2.69. The van der Waals surface area contributed by atoms with Crippen LogP contribution in [0, 0.1) is 0 Å². The molecule has 1 saturated heterocycles. The summed E-state index contributed by atoms with van der Waals surface area (Å²) in [5, 5.41) is 6.97. The Kier molecular flexibility index (Phi) is 3.38. The van der Waals surface area contributed by atoms with E-state index in [-0.39, 0.29) is 17.0 Å². The molecule has 2 rings (SSSR count). The molecule has 0 N–H and O–H groups in total. The Morgan fingerprint density at radius 1 is 1.33 bits per heavy atom. The highest BCUT2D eigenvalue weighted by Gasteiger charge is 2.27. The van der Waals surface area contributed by atoms with Crippen molar-refractivity contribution in [3.63, 3.8) is 0 Å². The average Bonchev–Trinajstić information content (AvgIpc) is 2.78. The van der Waals surface area contributed by atoms with Gasteiger partial charge in [0.2, 0.25) is 21.6 Å². The second kappa shape index (κ2) is 4.68. The lowest BCUT2D eigenvalue weighted by atomic mass is 9.97. The smallest absolute Gasteiger partial charge is 0.335 e. The first-order valence-corrected chi connectivity index (χ1v) is 7.56. The third-order valence-corrected chi connectivity index (χ3v) is 3.83. The van der Waals surface area contributed by atoms with Crippen molar-refractivity contribution in [2.75, 3.05) is 19.3 Å². The summed E-state index contributed by atoms with van der Waals surface area (Å²) in [5.74, 6) is 0.429. The van der Waals surface area contributed by atoms with Gasteiger partial charge in [-0.15, -0.1) is 5.10 Å². The molecule has 1 aliphatic heterocycles. The van der Waals surface area contributed by atoms with Gasteiger partial charge in [0.15, 0.2) is 0 Å². The molecule has 0 atom stereocenters. The molecule has 8 heteroatoms. The van der Waals surface area contributed by atoms with Crippen molar-refractivity contribution in [1.29, 1.82) is 0 Å². The first-order chi connectivity index (χ1) is 8.38. The predicted octanol–water partition coefficient (Wildman–Crippen LogP) is 0.199. The van der Waals surface area contributed by atoms with Crippen LogP contribution in [0.15, 0.2) is 9.64 Å². The summed E-state index contributed by atoms with van der Waals surface area (Å²) in [6, 6.07) is 0. The summed E-state index contributed by atoms with van der Waals surface area (Å²) in [7, 11) is -3.45. The van der Waals surface area contributed by atoms with Gasteiger partial charge in [-0.1, -0.05) is 5.10 Å². The molecular weight excluding hydrogens is 258 g/mol. The van der Waals surface area contributed by atoms with Crippen LogP contribution in [-0.4, -0.2) is 48.8 Å². The van der Waals surface area contributed by atoms with E-state index in [1.54, 1.807) is 4.90 Å². The largest absolute Gasteiger partial charge is 0.412 e. The van der Waals surface area contributed by atoms with Crippen molar-refractivity contribution in [1.82, 2.24) is 15.1 Å². The van der Waals surface area contributed by atoms with E-state index in [2.05, 4.69) is 10.2 Å². The van der Waals surface area contributed by atoms with Gasteiger partial charge < -0.3 is 9.32 Å². The predicted molar refractivity (Wildman–Crippen MR) is 61.6 cm³/mol. The van der Waals surface area contributed by atoms with Crippen LogP contribution in [0.5, 0.6) is 0 Å². The van der Waals surface area contributed by atoms with Gasteiger partial charge in [-0.2, -0.15) is 0 Å². The highest BCUT2D eigenvalue weighted by Crippen LogP contribution is 2.27. The zero-order valence-electron chi connectivity index (χ0n) is 10.3. The maximum atomic E-state index is 11.2. The third-order valence-electron chi connectivity index (χ3n) is 3.03. The topological polar surface area (TPSA) is 93.4 Å². The average molecular weight is 273 g/mol. The number of nitrogens with zero attached hydrogens (tertiary/aromatic N) is 3. The monoisotopic (exact) mass is 273 g/mol. The zero-order chi connectivity index (χ0) is 13.3. The van der Waals surface area contributed by atoms with Gasteiger partial charge in [-0.3, -0.25) is 4.79 Å². The summed E-state index contributed by atoms with van der Waals surface area (Å²) >= 11 is 0. The minimum Gasteiger partial charge on any atom is -0.412 e. The molecule has 1 aliphatic rings. The Morgan fingerprint density at radius 3 is 2.39 bits per heavy atom. The fraction of sp³-hybridized carbons (Fsp3) is 0.700. The number of piperidine rings is 1. The van der Waals surface area contributed by atoms with Crippen molar-refractivity contribution in [2.45, 2.75) is 30.9 Å². The Hall–Kier alpha value is -1.44. The lowest BCUT2D eigenvalue weighted by molar-refractivity contribution is -0.129. The standard InChI is InChI=1S/C10H15N3O4S/c1-7(14)13-5-3-8(4-6-13)9-11-12-10(17-9)18(2,15)16/h8H,3-6H2,1-2H3. The van der Waals surface area contributed by atoms with Crippen LogP contribution >= 0.6 is 0 Å². The summed E-state index contributed by atoms with van der Waals surface area (Å²) in [4.78, 5) is 12.9. The number of rotatable bonds is 2. The summed E-state index contributed by atoms with van der Waals surface area (Å²) in [6.45, 7) is 2.81. The number of hydrogen-bond acceptors (Lipinski definition) is 6. The van der Waals surface area contributed by atoms with E-state index >= 15 is 0 Å². The number of carbonyl (C=O) groups is 1. The van der Waals surface area contributed by atoms with Gasteiger partial charge in [0.05, 0.1) is 0 Å². The van der Waals surface area contributed by atoms with E-state index in [0.717, 1.165) is 6.26 Å². The van der Waals surface area contributed by atoms with Crippen molar-refractivity contribution in [3.8, 4) is 0 Å². The molecule has 0 saturated carbocycles. The van der Waals surface area contributed by atoms with Gasteiger partial charge in [0.1, 0.15) is 0 Å². The molecule has 18 heavy (non-hydrogen) atoms. The minimum absolute atomic E-state index is 0.0311. The number of amides is 1. The normalized spacial score (nSPS) is 18.0. The molecule has 0 aliphatic carbocycles. The second-order valence-electron chi connectivity index (χ2n) is 4.46. The van der Waals surface area contributed by atoms with E-state index in [1.807, 2.05) is 0 Å². The van der Waals surface area contributed by atoms with Crippen LogP contribution < -0.4 is 0 Å². The van der Waals surface area contributed by atoms with Crippen LogP contribution in [0.3, 0.4) is 0 Å². The lowest BCUT2D eigenvalue weighted by Crippen LogP contribution is -2.36. The van der Waals surface area contributed by atoms with E-state index < -0.39 is 9.84 Å². The van der Waals surface area contributed by atoms with E-state index in [0.29, 0.717) is 31.8 Å². The van der Waals surface area contributed by atoms with Crippen molar-refractivity contribution in [2.24, 2.45) is 0 Å². The van der Waals surface area contributed by atoms with Crippen LogP contribution in [0.2, 0.25) is 0 Å². The Bertz CT molecular complexity index is 543. The molecule has 1 aromatic heterocycles. The molecule has 0 unspecified atom stereocenters. The SMILES string of the molecule is CC(=O)N1CCC(c2nnc(S(C)(=O)=O)o2)CC1. The van der Waals surface area contributed by atoms with Gasteiger partial charge in [0, 0.05) is 32.2 Å². The zero-order valence-corrected chi connectivity index (χ0v) is 11.1. The maximum Gasteiger partial charge on any atom is 0.335 e. The van der Waals surface area contributed by atoms with Crippen molar-refractivity contribution in [3.05, 3.63) is 5.89 Å². The molecular formula is C10H15N3O4S. The quantitative estimate of drug-likeness (QED) is 0.764. The molecule has 0 radical (unpaired) electrons. The summed E-state index contributed by atoms with van der Waals surface area (Å²) in [5.41, 5.74) is 0. The van der Waals surface area contributed by atoms with Crippen LogP contribution in [0.4, 0.5) is 0 Å². The second-order valence-corrected chi connectivity index (χ2v) is 6.35. The van der Waals surface area contributed by atoms with Gasteiger partial charge >= 0.3 is 5.22 Å².